The number of hydrogen-bond donors (Lipinski definition) is 0. The van der Waals surface area contributed by atoms with Crippen molar-refractivity contribution in [2.24, 2.45) is 22.7 Å². The Morgan fingerprint density at radius 2 is 1.46 bits per heavy atom. The quantitative estimate of drug-likeness (QED) is 0.471. The summed E-state index contributed by atoms with van der Waals surface area (Å²) in [5.74, 6) is -1.97. The molecule has 2 bridgehead atoms. The molecule has 6 rings (SSSR count). The highest BCUT2D eigenvalue weighted by molar-refractivity contribution is 6.08. The van der Waals surface area contributed by atoms with E-state index in [1.54, 1.807) is 6.92 Å². The summed E-state index contributed by atoms with van der Waals surface area (Å²) in [5.41, 5.74) is -2.77. The van der Waals surface area contributed by atoms with Gasteiger partial charge in [-0.1, -0.05) is 24.6 Å². The zero-order valence-electron chi connectivity index (χ0n) is 16.6. The second-order valence-corrected chi connectivity index (χ2v) is 9.54. The molecule has 6 atom stereocenters. The second kappa shape index (κ2) is 4.84. The fourth-order valence-corrected chi connectivity index (χ4v) is 7.09. The number of esters is 2. The highest BCUT2D eigenvalue weighted by Gasteiger charge is 2.79. The maximum atomic E-state index is 13.8. The molecule has 6 heteroatoms. The molecular formula is C22H24O6. The van der Waals surface area contributed by atoms with Crippen LogP contribution in [0.5, 0.6) is 0 Å². The highest BCUT2D eigenvalue weighted by Crippen LogP contribution is 2.71. The lowest BCUT2D eigenvalue weighted by molar-refractivity contribution is -0.214. The number of ketones is 2. The normalized spacial score (nSPS) is 49.3. The number of ether oxygens (including phenoxy) is 2. The molecular weight excluding hydrogens is 360 g/mol. The molecule has 2 spiro atoms. The van der Waals surface area contributed by atoms with Gasteiger partial charge in [-0.2, -0.15) is 0 Å². The van der Waals surface area contributed by atoms with Crippen molar-refractivity contribution in [1.29, 1.82) is 0 Å². The van der Waals surface area contributed by atoms with E-state index >= 15 is 0 Å². The average Bonchev–Trinajstić information content (AvgIpc) is 3.18. The van der Waals surface area contributed by atoms with Crippen molar-refractivity contribution in [2.45, 2.75) is 64.6 Å². The lowest BCUT2D eigenvalue weighted by Crippen LogP contribution is -2.75. The minimum atomic E-state index is -1.30. The fraction of sp³-hybridized carbons (Fsp3) is 0.636. The van der Waals surface area contributed by atoms with Gasteiger partial charge in [0.2, 0.25) is 5.78 Å². The number of allylic oxidation sites excluding steroid dienone is 2. The van der Waals surface area contributed by atoms with Crippen LogP contribution < -0.4 is 0 Å². The number of carbonyl (C=O) groups is 4. The smallest absolute Gasteiger partial charge is 0.306 e. The Labute approximate surface area is 163 Å². The van der Waals surface area contributed by atoms with Gasteiger partial charge >= 0.3 is 11.9 Å². The predicted octanol–water partition coefficient (Wildman–Crippen LogP) is 2.45. The summed E-state index contributed by atoms with van der Waals surface area (Å²) in [6.07, 6.45) is 4.85. The van der Waals surface area contributed by atoms with Crippen molar-refractivity contribution in [3.8, 4) is 0 Å². The minimum absolute atomic E-state index is 0.0990. The minimum Gasteiger partial charge on any atom is -0.450 e. The summed E-state index contributed by atoms with van der Waals surface area (Å²) < 4.78 is 11.6. The first-order valence-electron chi connectivity index (χ1n) is 9.94. The number of rotatable bonds is 0. The summed E-state index contributed by atoms with van der Waals surface area (Å²) in [6, 6.07) is 0. The van der Waals surface area contributed by atoms with Crippen molar-refractivity contribution < 1.29 is 28.7 Å². The van der Waals surface area contributed by atoms with Gasteiger partial charge in [-0.15, -0.1) is 0 Å². The molecule has 148 valence electrons. The zero-order chi connectivity index (χ0) is 20.3. The van der Waals surface area contributed by atoms with Gasteiger partial charge in [-0.05, 0) is 26.3 Å². The standard InChI is InChI=1S/C22H24O6/c1-11-9-20(4)18(26)21(7-5-13(23)27-21)15(11)16-19(20,3)10-12(2)17(25)22(16)8-6-14(24)28-22/h9-10,15-16H,5-8H2,1-4H3/t15-,16+,19+,20-,21+,22+/m0/s1. The average molecular weight is 384 g/mol. The van der Waals surface area contributed by atoms with Gasteiger partial charge in [0, 0.05) is 42.9 Å². The number of carbonyl (C=O) groups excluding carboxylic acids is 4. The van der Waals surface area contributed by atoms with Gasteiger partial charge in [-0.3, -0.25) is 19.2 Å². The van der Waals surface area contributed by atoms with E-state index in [1.165, 1.54) is 0 Å². The van der Waals surface area contributed by atoms with E-state index in [1.807, 2.05) is 32.9 Å². The molecule has 1 saturated carbocycles. The molecule has 2 saturated heterocycles. The third-order valence-corrected chi connectivity index (χ3v) is 8.22. The van der Waals surface area contributed by atoms with Crippen molar-refractivity contribution in [1.82, 2.24) is 0 Å². The van der Waals surface area contributed by atoms with Crippen molar-refractivity contribution in [3.63, 3.8) is 0 Å². The van der Waals surface area contributed by atoms with E-state index in [9.17, 15) is 19.2 Å². The molecule has 0 N–H and O–H groups in total. The molecule has 6 aliphatic rings. The third kappa shape index (κ3) is 1.64. The zero-order valence-corrected chi connectivity index (χ0v) is 16.6. The Balaban J connectivity index is 1.83. The molecule has 4 aliphatic carbocycles. The van der Waals surface area contributed by atoms with E-state index in [0.717, 1.165) is 5.57 Å². The first kappa shape index (κ1) is 17.8. The van der Waals surface area contributed by atoms with Gasteiger partial charge in [0.05, 0.1) is 5.41 Å². The molecule has 6 nitrogen and oxygen atoms in total. The van der Waals surface area contributed by atoms with Crippen LogP contribution in [0.25, 0.3) is 0 Å². The van der Waals surface area contributed by atoms with Crippen molar-refractivity contribution >= 4 is 23.5 Å². The van der Waals surface area contributed by atoms with E-state index in [2.05, 4.69) is 0 Å². The molecule has 0 radical (unpaired) electrons. The van der Waals surface area contributed by atoms with Crippen LogP contribution in [0.15, 0.2) is 23.3 Å². The van der Waals surface area contributed by atoms with Gasteiger partial charge in [0.25, 0.3) is 0 Å². The first-order chi connectivity index (χ1) is 13.0. The summed E-state index contributed by atoms with van der Waals surface area (Å²) in [6.45, 7) is 7.52. The number of Topliss-reactive ketones (excluding diaryl/α,β-unsaturated/α-hetero) is 2. The van der Waals surface area contributed by atoms with Gasteiger partial charge in [-0.25, -0.2) is 0 Å². The molecule has 28 heavy (non-hydrogen) atoms. The molecule has 2 aliphatic heterocycles. The Morgan fingerprint density at radius 3 is 2.00 bits per heavy atom. The summed E-state index contributed by atoms with van der Waals surface area (Å²) in [5, 5.41) is 0. The maximum Gasteiger partial charge on any atom is 0.306 e. The predicted molar refractivity (Wildman–Crippen MR) is 96.8 cm³/mol. The maximum absolute atomic E-state index is 13.8. The van der Waals surface area contributed by atoms with Crippen LogP contribution in [-0.4, -0.2) is 34.7 Å². The van der Waals surface area contributed by atoms with Crippen LogP contribution in [0.1, 0.15) is 53.4 Å². The summed E-state index contributed by atoms with van der Waals surface area (Å²) in [7, 11) is 0. The molecule has 3 fully saturated rings. The van der Waals surface area contributed by atoms with Crippen LogP contribution in [-0.2, 0) is 28.7 Å². The Hall–Kier alpha value is -2.24. The topological polar surface area (TPSA) is 86.7 Å². The van der Waals surface area contributed by atoms with E-state index in [-0.39, 0.29) is 36.3 Å². The van der Waals surface area contributed by atoms with E-state index < -0.39 is 33.9 Å². The Kier molecular flexibility index (Phi) is 3.08. The monoisotopic (exact) mass is 384 g/mol. The third-order valence-electron chi connectivity index (χ3n) is 8.22. The Morgan fingerprint density at radius 1 is 0.893 bits per heavy atom. The molecule has 2 heterocycles. The second-order valence-electron chi connectivity index (χ2n) is 9.54. The van der Waals surface area contributed by atoms with Crippen molar-refractivity contribution in [3.05, 3.63) is 23.3 Å². The van der Waals surface area contributed by atoms with Crippen LogP contribution in [0.4, 0.5) is 0 Å². The van der Waals surface area contributed by atoms with E-state index in [4.69, 9.17) is 9.47 Å². The first-order valence-corrected chi connectivity index (χ1v) is 9.94. The number of hydrogen-bond acceptors (Lipinski definition) is 6. The van der Waals surface area contributed by atoms with Crippen LogP contribution in [0.2, 0.25) is 0 Å². The SMILES string of the molecule is CC1=C[C@]2(C)[C@@H]([C@@H]3C(C)=C[C@@]2(C)C(=O)[C@@]32CCC(=O)O2)[C@]2(CCC(=O)O2)C1=O. The van der Waals surface area contributed by atoms with E-state index in [0.29, 0.717) is 18.4 Å². The summed E-state index contributed by atoms with van der Waals surface area (Å²) >= 11 is 0. The van der Waals surface area contributed by atoms with Crippen LogP contribution in [0, 0.1) is 22.7 Å². The van der Waals surface area contributed by atoms with Crippen LogP contribution in [0.3, 0.4) is 0 Å². The molecule has 0 aromatic carbocycles. The van der Waals surface area contributed by atoms with Crippen LogP contribution >= 0.6 is 0 Å². The van der Waals surface area contributed by atoms with Gasteiger partial charge < -0.3 is 9.47 Å². The molecule has 0 aromatic heterocycles. The lowest BCUT2D eigenvalue weighted by atomic mass is 9.36. The largest absolute Gasteiger partial charge is 0.450 e. The highest BCUT2D eigenvalue weighted by atomic mass is 16.6. The van der Waals surface area contributed by atoms with Gasteiger partial charge in [0.1, 0.15) is 0 Å². The molecule has 0 aromatic rings. The molecule has 0 unspecified atom stereocenters. The van der Waals surface area contributed by atoms with Crippen molar-refractivity contribution in [2.75, 3.05) is 0 Å². The molecule has 0 amide bonds. The lowest BCUT2D eigenvalue weighted by Gasteiger charge is -2.67. The Bertz CT molecular complexity index is 943. The fourth-order valence-electron chi connectivity index (χ4n) is 7.09. The summed E-state index contributed by atoms with van der Waals surface area (Å²) in [4.78, 5) is 51.5. The van der Waals surface area contributed by atoms with Gasteiger partial charge in [0.15, 0.2) is 17.0 Å².